The Balaban J connectivity index is 4.39. The predicted molar refractivity (Wildman–Crippen MR) is 353 cm³/mol. The molecule has 0 spiro atoms. The molecule has 0 aliphatic rings. The summed E-state index contributed by atoms with van der Waals surface area (Å²) in [7, 11) is 0. The van der Waals surface area contributed by atoms with Crippen molar-refractivity contribution in [1.29, 1.82) is 0 Å². The van der Waals surface area contributed by atoms with Crippen LogP contribution < -0.4 is 0 Å². The van der Waals surface area contributed by atoms with E-state index in [-0.39, 0.29) is 31.1 Å². The minimum Gasteiger partial charge on any atom is -0.462 e. The molecule has 0 amide bonds. The van der Waals surface area contributed by atoms with Crippen LogP contribution in [-0.2, 0) is 28.6 Å². The summed E-state index contributed by atoms with van der Waals surface area (Å²) in [4.78, 5) is 38.5. The van der Waals surface area contributed by atoms with Gasteiger partial charge in [0.1, 0.15) is 13.2 Å². The van der Waals surface area contributed by atoms with Gasteiger partial charge in [-0.25, -0.2) is 0 Å². The summed E-state index contributed by atoms with van der Waals surface area (Å²) in [5, 5.41) is 0. The zero-order valence-corrected chi connectivity index (χ0v) is 53.3. The average molecular weight is 1130 g/mol. The second-order valence-corrected chi connectivity index (χ2v) is 22.7. The van der Waals surface area contributed by atoms with Crippen LogP contribution >= 0.6 is 0 Å². The van der Waals surface area contributed by atoms with Crippen LogP contribution in [0.5, 0.6) is 0 Å². The van der Waals surface area contributed by atoms with Crippen molar-refractivity contribution in [1.82, 2.24) is 0 Å². The molecule has 6 nitrogen and oxygen atoms in total. The van der Waals surface area contributed by atoms with Crippen LogP contribution in [0.15, 0.2) is 109 Å². The molecule has 0 aromatic heterocycles. The molecule has 0 fully saturated rings. The van der Waals surface area contributed by atoms with Gasteiger partial charge in [-0.1, -0.05) is 291 Å². The Morgan fingerprint density at radius 3 is 0.778 bits per heavy atom. The monoisotopic (exact) mass is 1120 g/mol. The summed E-state index contributed by atoms with van der Waals surface area (Å²) in [6, 6.07) is 0. The van der Waals surface area contributed by atoms with Gasteiger partial charge >= 0.3 is 17.9 Å². The molecule has 0 saturated heterocycles. The van der Waals surface area contributed by atoms with Crippen LogP contribution in [0.25, 0.3) is 0 Å². The summed E-state index contributed by atoms with van der Waals surface area (Å²) in [6.45, 7) is 6.51. The molecule has 0 radical (unpaired) electrons. The first-order valence-electron chi connectivity index (χ1n) is 34.4. The van der Waals surface area contributed by atoms with Crippen molar-refractivity contribution in [2.24, 2.45) is 0 Å². The Morgan fingerprint density at radius 1 is 0.259 bits per heavy atom. The molecule has 0 aliphatic heterocycles. The molecule has 81 heavy (non-hydrogen) atoms. The molecule has 6 heteroatoms. The largest absolute Gasteiger partial charge is 0.462 e. The molecule has 0 heterocycles. The molecule has 1 unspecified atom stereocenters. The predicted octanol–water partition coefficient (Wildman–Crippen LogP) is 23.8. The summed E-state index contributed by atoms with van der Waals surface area (Å²) in [6.07, 6.45) is 93.8. The Hall–Kier alpha value is -3.93. The Kier molecular flexibility index (Phi) is 65.2. The van der Waals surface area contributed by atoms with Gasteiger partial charge in [0, 0.05) is 19.3 Å². The van der Waals surface area contributed by atoms with Crippen molar-refractivity contribution in [3.8, 4) is 0 Å². The first kappa shape index (κ1) is 77.1. The van der Waals surface area contributed by atoms with E-state index in [1.54, 1.807) is 0 Å². The van der Waals surface area contributed by atoms with E-state index < -0.39 is 6.10 Å². The average Bonchev–Trinajstić information content (AvgIpc) is 3.47. The van der Waals surface area contributed by atoms with Gasteiger partial charge in [-0.05, 0) is 128 Å². The van der Waals surface area contributed by atoms with Crippen LogP contribution in [0, 0.1) is 0 Å². The second kappa shape index (κ2) is 68.6. The normalized spacial score (nSPS) is 12.8. The zero-order valence-electron chi connectivity index (χ0n) is 53.3. The van der Waals surface area contributed by atoms with Gasteiger partial charge in [0.15, 0.2) is 6.10 Å². The van der Waals surface area contributed by atoms with Crippen LogP contribution in [-0.4, -0.2) is 37.2 Å². The number of unbranched alkanes of at least 4 members (excludes halogenated alkanes) is 33. The lowest BCUT2D eigenvalue weighted by atomic mass is 10.1. The third kappa shape index (κ3) is 66.8. The topological polar surface area (TPSA) is 78.9 Å². The van der Waals surface area contributed by atoms with E-state index in [0.29, 0.717) is 19.3 Å². The zero-order chi connectivity index (χ0) is 58.5. The third-order valence-corrected chi connectivity index (χ3v) is 14.7. The van der Waals surface area contributed by atoms with E-state index in [9.17, 15) is 14.4 Å². The third-order valence-electron chi connectivity index (χ3n) is 14.7. The Labute approximate surface area is 501 Å². The molecule has 0 N–H and O–H groups in total. The Morgan fingerprint density at radius 2 is 0.481 bits per heavy atom. The van der Waals surface area contributed by atoms with Crippen molar-refractivity contribution >= 4 is 17.9 Å². The number of esters is 3. The number of hydrogen-bond acceptors (Lipinski definition) is 6. The maximum atomic E-state index is 13.0. The molecule has 0 aliphatic carbocycles. The van der Waals surface area contributed by atoms with Crippen LogP contribution in [0.4, 0.5) is 0 Å². The molecular weight excluding hydrogens is 997 g/mol. The molecule has 0 aromatic carbocycles. The smallest absolute Gasteiger partial charge is 0.306 e. The fraction of sp³-hybridized carbons (Fsp3) is 0.720. The van der Waals surface area contributed by atoms with Gasteiger partial charge in [-0.3, -0.25) is 14.4 Å². The number of hydrogen-bond donors (Lipinski definition) is 0. The highest BCUT2D eigenvalue weighted by molar-refractivity contribution is 5.71. The minimum atomic E-state index is -0.790. The lowest BCUT2D eigenvalue weighted by Crippen LogP contribution is -2.30. The highest BCUT2D eigenvalue weighted by Gasteiger charge is 2.19. The molecule has 0 bridgehead atoms. The van der Waals surface area contributed by atoms with Gasteiger partial charge < -0.3 is 14.2 Å². The summed E-state index contributed by atoms with van der Waals surface area (Å²) >= 11 is 0. The molecule has 464 valence electrons. The summed E-state index contributed by atoms with van der Waals surface area (Å²) < 4.78 is 17.0. The van der Waals surface area contributed by atoms with Crippen LogP contribution in [0.1, 0.15) is 329 Å². The van der Waals surface area contributed by atoms with Gasteiger partial charge in [0.05, 0.1) is 0 Å². The van der Waals surface area contributed by atoms with E-state index in [2.05, 4.69) is 130 Å². The molecule has 1 atom stereocenters. The van der Waals surface area contributed by atoms with Crippen molar-refractivity contribution in [2.75, 3.05) is 13.2 Å². The number of rotatable bonds is 62. The maximum absolute atomic E-state index is 13.0. The van der Waals surface area contributed by atoms with E-state index in [1.807, 2.05) is 0 Å². The lowest BCUT2D eigenvalue weighted by Gasteiger charge is -2.18. The highest BCUT2D eigenvalue weighted by atomic mass is 16.6. The highest BCUT2D eigenvalue weighted by Crippen LogP contribution is 2.16. The first-order chi connectivity index (χ1) is 40.0. The van der Waals surface area contributed by atoms with Crippen molar-refractivity contribution in [3.05, 3.63) is 109 Å². The van der Waals surface area contributed by atoms with E-state index in [1.165, 1.54) is 173 Å². The molecule has 0 aromatic rings. The van der Waals surface area contributed by atoms with Crippen molar-refractivity contribution in [2.45, 2.75) is 335 Å². The van der Waals surface area contributed by atoms with Crippen LogP contribution in [0.2, 0.25) is 0 Å². The fourth-order valence-electron chi connectivity index (χ4n) is 9.59. The van der Waals surface area contributed by atoms with E-state index in [0.717, 1.165) is 116 Å². The van der Waals surface area contributed by atoms with E-state index >= 15 is 0 Å². The van der Waals surface area contributed by atoms with Crippen molar-refractivity contribution < 1.29 is 28.6 Å². The van der Waals surface area contributed by atoms with E-state index in [4.69, 9.17) is 14.2 Å². The Bertz CT molecular complexity index is 1620. The van der Waals surface area contributed by atoms with Gasteiger partial charge in [0.2, 0.25) is 0 Å². The fourth-order valence-corrected chi connectivity index (χ4v) is 9.59. The lowest BCUT2D eigenvalue weighted by molar-refractivity contribution is -0.167. The number of carbonyl (C=O) groups is 3. The van der Waals surface area contributed by atoms with Gasteiger partial charge in [-0.2, -0.15) is 0 Å². The van der Waals surface area contributed by atoms with Gasteiger partial charge in [-0.15, -0.1) is 0 Å². The SMILES string of the molecule is CC/C=C\C/C=C\C/C=C\C/C=C\C/C=C\CCCCCCCCCCCC(=O)OCC(COC(=O)CCCCCCCCC/C=C\C/C=C\CCCCC)OC(=O)CCCCCCCCCCC/C=C\C/C=C\CCCCCCC. The standard InChI is InChI=1S/C75H128O6/c1-4-7-10-13-16-19-22-25-28-31-33-35-36-37-38-40-41-44-47-50-53-56-59-62-65-68-74(77)80-71-72(70-79-73(76)67-64-61-58-55-52-49-46-43-30-27-24-21-18-15-12-9-6-3)81-75(78)69-66-63-60-57-54-51-48-45-42-39-34-32-29-26-23-20-17-14-11-8-5-2/h7,10,16,18-19,21,23,25-28,30,32-35,37-38,72H,4-6,8-9,11-15,17,20,22,24,29,31,36,39-71H2,1-3H3/b10-7-,19-16-,21-18-,26-23-,28-25-,30-27-,34-32-,35-33-,38-37-. The molecule has 0 rings (SSSR count). The number of allylic oxidation sites excluding steroid dienone is 18. The number of carbonyl (C=O) groups excluding carboxylic acids is 3. The molecule has 0 saturated carbocycles. The summed E-state index contributed by atoms with van der Waals surface area (Å²) in [5.74, 6) is -0.891. The van der Waals surface area contributed by atoms with Gasteiger partial charge in [0.25, 0.3) is 0 Å². The molecular formula is C75H128O6. The second-order valence-electron chi connectivity index (χ2n) is 22.7. The number of ether oxygens (including phenoxy) is 3. The van der Waals surface area contributed by atoms with Crippen LogP contribution in [0.3, 0.4) is 0 Å². The quantitative estimate of drug-likeness (QED) is 0.0261. The minimum absolute atomic E-state index is 0.0854. The maximum Gasteiger partial charge on any atom is 0.306 e. The summed E-state index contributed by atoms with van der Waals surface area (Å²) in [5.41, 5.74) is 0. The van der Waals surface area contributed by atoms with Crippen molar-refractivity contribution in [3.63, 3.8) is 0 Å². The first-order valence-corrected chi connectivity index (χ1v) is 34.4.